The van der Waals surface area contributed by atoms with Crippen molar-refractivity contribution in [3.8, 4) is 0 Å². The maximum atomic E-state index is 14.6. The lowest BCUT2D eigenvalue weighted by Gasteiger charge is -2.31. The molecule has 0 aromatic heterocycles. The van der Waals surface area contributed by atoms with Crippen molar-refractivity contribution in [1.29, 1.82) is 0 Å². The molecular formula is C15H16BrF. The lowest BCUT2D eigenvalue weighted by Crippen LogP contribution is -2.29. The third kappa shape index (κ3) is 0.676. The Morgan fingerprint density at radius 2 is 1.59 bits per heavy atom. The molecule has 5 fully saturated rings. The highest BCUT2D eigenvalue weighted by Crippen LogP contribution is 2.92. The molecule has 6 rings (SSSR count). The maximum absolute atomic E-state index is 14.6. The molecule has 0 aliphatic heterocycles. The zero-order chi connectivity index (χ0) is 11.2. The number of rotatable bonds is 0. The number of halogens is 2. The minimum Gasteiger partial charge on any atom is -0.231 e. The standard InChI is InChI=1S/C15H16BrF/c16-15(17)11-9-7-1-2-8(13(7)3-4-13)10(9)14(5-6-14)12(11)15/h1-2,7-12H,3-6H2/t7-,8+,9-,10-,11-,12-,15-/m1/s1. The highest BCUT2D eigenvalue weighted by Gasteiger charge is 2.90. The van der Waals surface area contributed by atoms with Crippen LogP contribution in [0.25, 0.3) is 0 Å². The Morgan fingerprint density at radius 3 is 2.24 bits per heavy atom. The summed E-state index contributed by atoms with van der Waals surface area (Å²) in [5.74, 6) is 3.91. The number of alkyl halides is 2. The van der Waals surface area contributed by atoms with Crippen LogP contribution in [0.1, 0.15) is 25.7 Å². The summed E-state index contributed by atoms with van der Waals surface area (Å²) in [6, 6.07) is 0. The molecule has 2 heteroatoms. The van der Waals surface area contributed by atoms with E-state index in [1.165, 1.54) is 25.7 Å². The number of allylic oxidation sites excluding steroid dienone is 2. The van der Waals surface area contributed by atoms with Crippen LogP contribution in [0.3, 0.4) is 0 Å². The molecule has 6 aliphatic carbocycles. The fourth-order valence-electron chi connectivity index (χ4n) is 6.86. The summed E-state index contributed by atoms with van der Waals surface area (Å²) in [7, 11) is 0. The highest BCUT2D eigenvalue weighted by atomic mass is 79.9. The smallest absolute Gasteiger partial charge is 0.172 e. The van der Waals surface area contributed by atoms with E-state index < -0.39 is 4.58 Å². The predicted octanol–water partition coefficient (Wildman–Crippen LogP) is 3.92. The molecule has 17 heavy (non-hydrogen) atoms. The molecular weight excluding hydrogens is 279 g/mol. The van der Waals surface area contributed by atoms with E-state index in [4.69, 9.17) is 0 Å². The quantitative estimate of drug-likeness (QED) is 0.469. The molecule has 0 aromatic carbocycles. The minimum absolute atomic E-state index is 0.368. The second-order valence-corrected chi connectivity index (χ2v) is 8.90. The molecule has 2 spiro atoms. The van der Waals surface area contributed by atoms with Gasteiger partial charge in [-0.25, -0.2) is 4.39 Å². The normalized spacial score (nSPS) is 68.6. The van der Waals surface area contributed by atoms with Gasteiger partial charge < -0.3 is 0 Å². The summed E-state index contributed by atoms with van der Waals surface area (Å²) in [5, 5.41) is 0. The second kappa shape index (κ2) is 2.09. The van der Waals surface area contributed by atoms with Gasteiger partial charge in [-0.15, -0.1) is 0 Å². The summed E-state index contributed by atoms with van der Waals surface area (Å²) >= 11 is 3.42. The van der Waals surface area contributed by atoms with Crippen molar-refractivity contribution >= 4 is 15.9 Å². The van der Waals surface area contributed by atoms with Crippen molar-refractivity contribution in [3.63, 3.8) is 0 Å². The molecule has 0 heterocycles. The number of fused-ring (bicyclic) bond motifs is 7. The van der Waals surface area contributed by atoms with Crippen LogP contribution in [0.4, 0.5) is 4.39 Å². The third-order valence-electron chi connectivity index (χ3n) is 7.53. The molecule has 0 aromatic rings. The van der Waals surface area contributed by atoms with E-state index in [-0.39, 0.29) is 0 Å². The summed E-state index contributed by atoms with van der Waals surface area (Å²) in [5.41, 5.74) is 1.08. The Balaban J connectivity index is 1.57. The minimum atomic E-state index is -0.973. The van der Waals surface area contributed by atoms with E-state index >= 15 is 0 Å². The average Bonchev–Trinajstić information content (AvgIpc) is 3.13. The Labute approximate surface area is 109 Å². The second-order valence-electron chi connectivity index (χ2n) is 7.68. The van der Waals surface area contributed by atoms with Gasteiger partial charge in [-0.05, 0) is 76.1 Å². The predicted molar refractivity (Wildman–Crippen MR) is 66.2 cm³/mol. The molecule has 5 saturated carbocycles. The van der Waals surface area contributed by atoms with E-state index in [0.29, 0.717) is 28.6 Å². The molecule has 0 nitrogen and oxygen atoms in total. The van der Waals surface area contributed by atoms with E-state index in [2.05, 4.69) is 28.1 Å². The van der Waals surface area contributed by atoms with Crippen LogP contribution < -0.4 is 0 Å². The first-order valence-electron chi connectivity index (χ1n) is 7.19. The Bertz CT molecular complexity index is 485. The molecule has 2 bridgehead atoms. The van der Waals surface area contributed by atoms with Crippen molar-refractivity contribution in [2.45, 2.75) is 30.3 Å². The fourth-order valence-corrected chi connectivity index (χ4v) is 8.04. The first-order valence-corrected chi connectivity index (χ1v) is 7.98. The van der Waals surface area contributed by atoms with Gasteiger partial charge in [0.05, 0.1) is 0 Å². The zero-order valence-electron chi connectivity index (χ0n) is 9.70. The van der Waals surface area contributed by atoms with Crippen molar-refractivity contribution < 1.29 is 4.39 Å². The van der Waals surface area contributed by atoms with Crippen molar-refractivity contribution in [3.05, 3.63) is 12.2 Å². The van der Waals surface area contributed by atoms with Crippen LogP contribution >= 0.6 is 15.9 Å². The molecule has 0 saturated heterocycles. The SMILES string of the molecule is F[C@]1(Br)[C@@H]2[C@H]3[C@@H]([C@@H]4C=C[C@H]3C43CC3)C3(CC3)[C@@H]21. The summed E-state index contributed by atoms with van der Waals surface area (Å²) in [4.78, 5) is 0. The van der Waals surface area contributed by atoms with E-state index in [1.54, 1.807) is 0 Å². The number of hydrogen-bond acceptors (Lipinski definition) is 0. The molecule has 6 aliphatic rings. The Hall–Kier alpha value is 0.150. The van der Waals surface area contributed by atoms with Crippen molar-refractivity contribution in [1.82, 2.24) is 0 Å². The monoisotopic (exact) mass is 294 g/mol. The van der Waals surface area contributed by atoms with Crippen LogP contribution in [0, 0.1) is 46.3 Å². The van der Waals surface area contributed by atoms with Gasteiger partial charge in [0.15, 0.2) is 4.58 Å². The van der Waals surface area contributed by atoms with Crippen LogP contribution in [-0.2, 0) is 0 Å². The summed E-state index contributed by atoms with van der Waals surface area (Å²) < 4.78 is 13.6. The van der Waals surface area contributed by atoms with E-state index in [1.807, 2.05) is 0 Å². The molecule has 0 N–H and O–H groups in total. The molecule has 7 atom stereocenters. The third-order valence-corrected chi connectivity index (χ3v) is 8.55. The molecule has 0 unspecified atom stereocenters. The molecule has 90 valence electrons. The van der Waals surface area contributed by atoms with Gasteiger partial charge in [-0.3, -0.25) is 0 Å². The van der Waals surface area contributed by atoms with Crippen LogP contribution in [-0.4, -0.2) is 4.58 Å². The summed E-state index contributed by atoms with van der Waals surface area (Å²) in [6.45, 7) is 0. The average molecular weight is 295 g/mol. The first kappa shape index (κ1) is 9.12. The first-order chi connectivity index (χ1) is 8.13. The van der Waals surface area contributed by atoms with Gasteiger partial charge in [0.1, 0.15) is 0 Å². The van der Waals surface area contributed by atoms with Crippen LogP contribution in [0.5, 0.6) is 0 Å². The lowest BCUT2D eigenvalue weighted by atomic mass is 9.74. The summed E-state index contributed by atoms with van der Waals surface area (Å²) in [6.07, 6.45) is 10.5. The van der Waals surface area contributed by atoms with Crippen LogP contribution in [0.15, 0.2) is 12.2 Å². The topological polar surface area (TPSA) is 0 Å². The maximum Gasteiger partial charge on any atom is 0.172 e. The van der Waals surface area contributed by atoms with E-state index in [0.717, 1.165) is 17.8 Å². The molecule has 0 radical (unpaired) electrons. The zero-order valence-corrected chi connectivity index (χ0v) is 11.3. The van der Waals surface area contributed by atoms with Crippen molar-refractivity contribution in [2.24, 2.45) is 46.3 Å². The largest absolute Gasteiger partial charge is 0.231 e. The lowest BCUT2D eigenvalue weighted by molar-refractivity contribution is 0.165. The number of hydrogen-bond donors (Lipinski definition) is 0. The Morgan fingerprint density at radius 1 is 0.941 bits per heavy atom. The Kier molecular flexibility index (Phi) is 1.12. The van der Waals surface area contributed by atoms with Crippen LogP contribution in [0.2, 0.25) is 0 Å². The van der Waals surface area contributed by atoms with Gasteiger partial charge in [-0.2, -0.15) is 0 Å². The van der Waals surface area contributed by atoms with Gasteiger partial charge in [0.2, 0.25) is 0 Å². The van der Waals surface area contributed by atoms with Gasteiger partial charge >= 0.3 is 0 Å². The molecule has 0 amide bonds. The van der Waals surface area contributed by atoms with E-state index in [9.17, 15) is 4.39 Å². The van der Waals surface area contributed by atoms with Gasteiger partial charge in [-0.1, -0.05) is 12.2 Å². The van der Waals surface area contributed by atoms with Gasteiger partial charge in [0.25, 0.3) is 0 Å². The van der Waals surface area contributed by atoms with Gasteiger partial charge in [0, 0.05) is 11.8 Å². The highest BCUT2D eigenvalue weighted by molar-refractivity contribution is 9.10. The fraction of sp³-hybridized carbons (Fsp3) is 0.867. The van der Waals surface area contributed by atoms with Crippen molar-refractivity contribution in [2.75, 3.05) is 0 Å².